The fourth-order valence-corrected chi connectivity index (χ4v) is 2.02. The van der Waals surface area contributed by atoms with Crippen LogP contribution in [0.3, 0.4) is 0 Å². The van der Waals surface area contributed by atoms with Crippen molar-refractivity contribution in [3.63, 3.8) is 0 Å². The molecule has 88 valence electrons. The van der Waals surface area contributed by atoms with Gasteiger partial charge in [-0.1, -0.05) is 42.5 Å². The van der Waals surface area contributed by atoms with E-state index in [0.717, 1.165) is 16.5 Å². The predicted molar refractivity (Wildman–Crippen MR) is 68.6 cm³/mol. The molecule has 3 aromatic rings. The summed E-state index contributed by atoms with van der Waals surface area (Å²) in [6.45, 7) is 0. The van der Waals surface area contributed by atoms with Gasteiger partial charge in [-0.25, -0.2) is 4.79 Å². The molecule has 1 heterocycles. The van der Waals surface area contributed by atoms with Gasteiger partial charge in [0.05, 0.1) is 6.26 Å². The molecule has 0 unspecified atom stereocenters. The van der Waals surface area contributed by atoms with Crippen molar-refractivity contribution in [1.29, 1.82) is 0 Å². The highest BCUT2D eigenvalue weighted by Gasteiger charge is 2.13. The Morgan fingerprint density at radius 1 is 1.00 bits per heavy atom. The molecule has 18 heavy (non-hydrogen) atoms. The topological polar surface area (TPSA) is 50.4 Å². The predicted octanol–water partition coefficient (Wildman–Crippen LogP) is 3.80. The van der Waals surface area contributed by atoms with Gasteiger partial charge < -0.3 is 9.52 Å². The highest BCUT2D eigenvalue weighted by atomic mass is 16.4. The summed E-state index contributed by atoms with van der Waals surface area (Å²) in [5.41, 5.74) is 2.03. The van der Waals surface area contributed by atoms with E-state index in [4.69, 9.17) is 9.52 Å². The number of benzene rings is 2. The Morgan fingerprint density at radius 3 is 2.50 bits per heavy atom. The van der Waals surface area contributed by atoms with Crippen molar-refractivity contribution >= 4 is 16.7 Å². The number of fused-ring (bicyclic) bond motifs is 1. The van der Waals surface area contributed by atoms with Crippen molar-refractivity contribution in [1.82, 2.24) is 0 Å². The lowest BCUT2D eigenvalue weighted by atomic mass is 10.0. The van der Waals surface area contributed by atoms with E-state index in [9.17, 15) is 4.79 Å². The van der Waals surface area contributed by atoms with Gasteiger partial charge in [-0.15, -0.1) is 0 Å². The molecule has 0 aliphatic heterocycles. The average molecular weight is 238 g/mol. The first kappa shape index (κ1) is 10.6. The molecular weight excluding hydrogens is 228 g/mol. The lowest BCUT2D eigenvalue weighted by molar-refractivity contribution is 0.0665. The molecule has 0 saturated carbocycles. The highest BCUT2D eigenvalue weighted by molar-refractivity contribution is 6.02. The lowest BCUT2D eigenvalue weighted by Crippen LogP contribution is -1.93. The molecule has 0 amide bonds. The third-order valence-corrected chi connectivity index (χ3v) is 2.90. The zero-order valence-corrected chi connectivity index (χ0v) is 9.46. The molecule has 0 atom stereocenters. The van der Waals surface area contributed by atoms with Crippen LogP contribution < -0.4 is 0 Å². The maximum Gasteiger partial charge on any atom is 0.372 e. The average Bonchev–Trinajstić information content (AvgIpc) is 2.82. The summed E-state index contributed by atoms with van der Waals surface area (Å²) in [6, 6.07) is 15.5. The van der Waals surface area contributed by atoms with Crippen LogP contribution >= 0.6 is 0 Å². The van der Waals surface area contributed by atoms with E-state index >= 15 is 0 Å². The van der Waals surface area contributed by atoms with E-state index in [1.165, 1.54) is 6.26 Å². The summed E-state index contributed by atoms with van der Waals surface area (Å²) >= 11 is 0. The number of hydrogen-bond acceptors (Lipinski definition) is 2. The van der Waals surface area contributed by atoms with E-state index < -0.39 is 5.97 Å². The number of aromatic carboxylic acids is 1. The number of hydrogen-bond donors (Lipinski definition) is 1. The second-order valence-corrected chi connectivity index (χ2v) is 4.04. The number of furan rings is 1. The van der Waals surface area contributed by atoms with E-state index in [0.29, 0.717) is 5.39 Å². The zero-order chi connectivity index (χ0) is 12.5. The van der Waals surface area contributed by atoms with E-state index in [1.54, 1.807) is 0 Å². The van der Waals surface area contributed by atoms with Crippen LogP contribution in [0.4, 0.5) is 0 Å². The number of carboxylic acids is 1. The van der Waals surface area contributed by atoms with E-state index in [1.807, 2.05) is 48.5 Å². The smallest absolute Gasteiger partial charge is 0.372 e. The molecule has 0 spiro atoms. The molecule has 1 N–H and O–H groups in total. The molecule has 1 aromatic heterocycles. The summed E-state index contributed by atoms with van der Waals surface area (Å²) in [5, 5.41) is 10.5. The molecule has 2 aromatic carbocycles. The Labute approximate surface area is 103 Å². The van der Waals surface area contributed by atoms with E-state index in [-0.39, 0.29) is 5.76 Å². The maximum atomic E-state index is 11.0. The summed E-state index contributed by atoms with van der Waals surface area (Å²) in [4.78, 5) is 11.0. The largest absolute Gasteiger partial charge is 0.475 e. The number of rotatable bonds is 2. The van der Waals surface area contributed by atoms with E-state index in [2.05, 4.69) is 0 Å². The van der Waals surface area contributed by atoms with Gasteiger partial charge in [-0.3, -0.25) is 0 Å². The van der Waals surface area contributed by atoms with Crippen molar-refractivity contribution in [3.05, 3.63) is 60.6 Å². The van der Waals surface area contributed by atoms with Gasteiger partial charge >= 0.3 is 5.97 Å². The van der Waals surface area contributed by atoms with Crippen LogP contribution in [0.15, 0.2) is 59.2 Å². The molecule has 0 fully saturated rings. The Balaban J connectivity index is 2.21. The molecule has 0 aliphatic rings. The standard InChI is InChI=1S/C15H10O3/c16-15(17)14-13-8-11(6-7-12(13)9-18-14)10-4-2-1-3-5-10/h1-9H,(H,16,17). The summed E-state index contributed by atoms with van der Waals surface area (Å²) < 4.78 is 5.07. The Bertz CT molecular complexity index is 711. The second-order valence-electron chi connectivity index (χ2n) is 4.04. The van der Waals surface area contributed by atoms with Crippen LogP contribution in [-0.2, 0) is 0 Å². The first-order chi connectivity index (χ1) is 8.75. The third kappa shape index (κ3) is 1.66. The lowest BCUT2D eigenvalue weighted by Gasteiger charge is -2.01. The molecule has 0 bridgehead atoms. The van der Waals surface area contributed by atoms with Gasteiger partial charge in [0.1, 0.15) is 0 Å². The minimum Gasteiger partial charge on any atom is -0.475 e. The first-order valence-electron chi connectivity index (χ1n) is 5.55. The van der Waals surface area contributed by atoms with Crippen LogP contribution in [0.5, 0.6) is 0 Å². The summed E-state index contributed by atoms with van der Waals surface area (Å²) in [5.74, 6) is -1.06. The molecule has 0 saturated heterocycles. The van der Waals surface area contributed by atoms with Crippen molar-refractivity contribution < 1.29 is 14.3 Å². The second kappa shape index (κ2) is 4.04. The zero-order valence-electron chi connectivity index (χ0n) is 9.46. The first-order valence-corrected chi connectivity index (χ1v) is 5.55. The van der Waals surface area contributed by atoms with Gasteiger partial charge in [0.2, 0.25) is 5.76 Å². The molecule has 3 nitrogen and oxygen atoms in total. The summed E-state index contributed by atoms with van der Waals surface area (Å²) in [7, 11) is 0. The van der Waals surface area contributed by atoms with Crippen LogP contribution in [0.1, 0.15) is 10.6 Å². The fourth-order valence-electron chi connectivity index (χ4n) is 2.02. The third-order valence-electron chi connectivity index (χ3n) is 2.90. The Kier molecular flexibility index (Phi) is 2.38. The monoisotopic (exact) mass is 238 g/mol. The highest BCUT2D eigenvalue weighted by Crippen LogP contribution is 2.27. The van der Waals surface area contributed by atoms with Crippen molar-refractivity contribution in [2.45, 2.75) is 0 Å². The van der Waals surface area contributed by atoms with Gasteiger partial charge in [-0.2, -0.15) is 0 Å². The number of carboxylic acid groups (broad SMARTS) is 1. The van der Waals surface area contributed by atoms with Crippen LogP contribution in [0.25, 0.3) is 21.9 Å². The quantitative estimate of drug-likeness (QED) is 0.738. The molecule has 3 rings (SSSR count). The van der Waals surface area contributed by atoms with Gasteiger partial charge in [0.25, 0.3) is 0 Å². The minimum absolute atomic E-state index is 0.0113. The molecular formula is C15H10O3. The van der Waals surface area contributed by atoms with Crippen molar-refractivity contribution in [2.24, 2.45) is 0 Å². The van der Waals surface area contributed by atoms with Crippen LogP contribution in [0.2, 0.25) is 0 Å². The minimum atomic E-state index is -1.05. The molecule has 0 radical (unpaired) electrons. The van der Waals surface area contributed by atoms with Gasteiger partial charge in [0.15, 0.2) is 0 Å². The summed E-state index contributed by atoms with van der Waals surface area (Å²) in [6.07, 6.45) is 1.47. The van der Waals surface area contributed by atoms with Crippen LogP contribution in [-0.4, -0.2) is 11.1 Å². The van der Waals surface area contributed by atoms with Crippen molar-refractivity contribution in [2.75, 3.05) is 0 Å². The maximum absolute atomic E-state index is 11.0. The SMILES string of the molecule is O=C(O)c1occ2ccc(-c3ccccc3)cc12. The molecule has 0 aliphatic carbocycles. The fraction of sp³-hybridized carbons (Fsp3) is 0. The van der Waals surface area contributed by atoms with Gasteiger partial charge in [-0.05, 0) is 17.2 Å². The normalized spacial score (nSPS) is 10.7. The van der Waals surface area contributed by atoms with Crippen LogP contribution in [0, 0.1) is 0 Å². The van der Waals surface area contributed by atoms with Crippen molar-refractivity contribution in [3.8, 4) is 11.1 Å². The Morgan fingerprint density at radius 2 is 1.78 bits per heavy atom. The van der Waals surface area contributed by atoms with Gasteiger partial charge in [0, 0.05) is 10.8 Å². The number of carbonyl (C=O) groups is 1. The molecule has 3 heteroatoms. The Hall–Kier alpha value is -2.55.